The highest BCUT2D eigenvalue weighted by atomic mass is 32.2. The number of hydrogen-bond donors (Lipinski definition) is 2. The molecule has 6 heteroatoms. The molecule has 112 valence electrons. The standard InChI is InChI=1S/C14H22N2O3S/c1-2-3-8-20(18,19)16-14(11-9-12(17)10-11)13-6-4-5-7-15-13/h4-7,11-12,14,16-17H,2-3,8-10H2,1H3/t11?,12?,14-/m0/s1. The van der Waals surface area contributed by atoms with Gasteiger partial charge in [0.2, 0.25) is 10.0 Å². The summed E-state index contributed by atoms with van der Waals surface area (Å²) >= 11 is 0. The van der Waals surface area contributed by atoms with Crippen LogP contribution in [0.2, 0.25) is 0 Å². The predicted molar refractivity (Wildman–Crippen MR) is 77.5 cm³/mol. The number of hydrogen-bond acceptors (Lipinski definition) is 4. The van der Waals surface area contributed by atoms with Crippen LogP contribution >= 0.6 is 0 Å². The third kappa shape index (κ3) is 4.01. The first-order valence-corrected chi connectivity index (χ1v) is 8.76. The highest BCUT2D eigenvalue weighted by Crippen LogP contribution is 2.37. The molecule has 1 saturated carbocycles. The molecule has 5 nitrogen and oxygen atoms in total. The van der Waals surface area contributed by atoms with E-state index in [1.165, 1.54) is 0 Å². The van der Waals surface area contributed by atoms with E-state index in [0.29, 0.717) is 19.3 Å². The largest absolute Gasteiger partial charge is 0.393 e. The van der Waals surface area contributed by atoms with Crippen LogP contribution in [0.3, 0.4) is 0 Å². The van der Waals surface area contributed by atoms with Crippen LogP contribution in [0.1, 0.15) is 44.3 Å². The highest BCUT2D eigenvalue weighted by Gasteiger charge is 2.37. The number of aliphatic hydroxyl groups excluding tert-OH is 1. The van der Waals surface area contributed by atoms with Crippen LogP contribution in [0.5, 0.6) is 0 Å². The molecule has 0 bridgehead atoms. The number of nitrogens with zero attached hydrogens (tertiary/aromatic N) is 1. The van der Waals surface area contributed by atoms with E-state index in [1.807, 2.05) is 25.1 Å². The fourth-order valence-corrected chi connectivity index (χ4v) is 3.93. The molecule has 2 rings (SSSR count). The van der Waals surface area contributed by atoms with Gasteiger partial charge in [-0.2, -0.15) is 0 Å². The minimum atomic E-state index is -3.30. The smallest absolute Gasteiger partial charge is 0.212 e. The number of sulfonamides is 1. The average molecular weight is 298 g/mol. The van der Waals surface area contributed by atoms with Crippen LogP contribution in [0, 0.1) is 5.92 Å². The fraction of sp³-hybridized carbons (Fsp3) is 0.643. The van der Waals surface area contributed by atoms with Gasteiger partial charge in [-0.3, -0.25) is 4.98 Å². The summed E-state index contributed by atoms with van der Waals surface area (Å²) in [6.45, 7) is 1.97. The summed E-state index contributed by atoms with van der Waals surface area (Å²) < 4.78 is 27.0. The molecule has 2 N–H and O–H groups in total. The van der Waals surface area contributed by atoms with Crippen molar-refractivity contribution in [2.75, 3.05) is 5.75 Å². The Kier molecular flexibility index (Phi) is 5.12. The Labute approximate surface area is 120 Å². The number of nitrogens with one attached hydrogen (secondary N) is 1. The van der Waals surface area contributed by atoms with Gasteiger partial charge in [0, 0.05) is 6.20 Å². The molecule has 1 heterocycles. The van der Waals surface area contributed by atoms with Crippen molar-refractivity contribution < 1.29 is 13.5 Å². The van der Waals surface area contributed by atoms with Crippen molar-refractivity contribution in [2.45, 2.75) is 44.8 Å². The Morgan fingerprint density at radius 1 is 1.45 bits per heavy atom. The van der Waals surface area contributed by atoms with Gasteiger partial charge in [0.15, 0.2) is 0 Å². The Morgan fingerprint density at radius 3 is 2.75 bits per heavy atom. The average Bonchev–Trinajstić information content (AvgIpc) is 2.41. The van der Waals surface area contributed by atoms with E-state index < -0.39 is 10.0 Å². The second-order valence-electron chi connectivity index (χ2n) is 5.41. The van der Waals surface area contributed by atoms with Gasteiger partial charge in [0.25, 0.3) is 0 Å². The SMILES string of the molecule is CCCCS(=O)(=O)N[C@H](c1ccccn1)C1CC(O)C1. The summed E-state index contributed by atoms with van der Waals surface area (Å²) in [5.74, 6) is 0.263. The topological polar surface area (TPSA) is 79.3 Å². The van der Waals surface area contributed by atoms with Crippen molar-refractivity contribution in [1.29, 1.82) is 0 Å². The summed E-state index contributed by atoms with van der Waals surface area (Å²) in [7, 11) is -3.30. The lowest BCUT2D eigenvalue weighted by Crippen LogP contribution is -2.42. The van der Waals surface area contributed by atoms with Crippen molar-refractivity contribution in [3.05, 3.63) is 30.1 Å². The van der Waals surface area contributed by atoms with E-state index in [2.05, 4.69) is 9.71 Å². The zero-order valence-corrected chi connectivity index (χ0v) is 12.5. The molecular weight excluding hydrogens is 276 g/mol. The Hall–Kier alpha value is -0.980. The maximum absolute atomic E-state index is 12.1. The zero-order valence-electron chi connectivity index (χ0n) is 11.7. The van der Waals surface area contributed by atoms with Gasteiger partial charge in [-0.15, -0.1) is 0 Å². The molecule has 0 amide bonds. The number of aromatic nitrogens is 1. The van der Waals surface area contributed by atoms with Crippen molar-refractivity contribution in [3.8, 4) is 0 Å². The van der Waals surface area contributed by atoms with Gasteiger partial charge in [0.1, 0.15) is 0 Å². The van der Waals surface area contributed by atoms with Crippen LogP contribution in [0.4, 0.5) is 0 Å². The van der Waals surface area contributed by atoms with Crippen molar-refractivity contribution in [3.63, 3.8) is 0 Å². The summed E-state index contributed by atoms with van der Waals surface area (Å²) in [5, 5.41) is 9.46. The molecule has 0 unspecified atom stereocenters. The van der Waals surface area contributed by atoms with Gasteiger partial charge >= 0.3 is 0 Å². The van der Waals surface area contributed by atoms with Crippen LogP contribution in [0.25, 0.3) is 0 Å². The van der Waals surface area contributed by atoms with E-state index in [1.54, 1.807) is 6.20 Å². The molecule has 1 atom stereocenters. The Morgan fingerprint density at radius 2 is 2.20 bits per heavy atom. The van der Waals surface area contributed by atoms with Crippen LogP contribution in [0.15, 0.2) is 24.4 Å². The van der Waals surface area contributed by atoms with Crippen LogP contribution in [-0.2, 0) is 10.0 Å². The molecule has 1 aromatic heterocycles. The van der Waals surface area contributed by atoms with Gasteiger partial charge in [0.05, 0.1) is 23.6 Å². The number of rotatable bonds is 7. The Bertz CT molecular complexity index is 512. The first-order chi connectivity index (χ1) is 9.52. The van der Waals surface area contributed by atoms with E-state index in [9.17, 15) is 13.5 Å². The lowest BCUT2D eigenvalue weighted by atomic mass is 9.76. The molecule has 0 radical (unpaired) electrons. The second kappa shape index (κ2) is 6.65. The van der Waals surface area contributed by atoms with Gasteiger partial charge in [-0.1, -0.05) is 19.4 Å². The summed E-state index contributed by atoms with van der Waals surface area (Å²) in [6.07, 6.45) is 4.09. The third-order valence-corrected chi connectivity index (χ3v) is 5.14. The monoisotopic (exact) mass is 298 g/mol. The molecule has 1 aromatic rings. The minimum Gasteiger partial charge on any atom is -0.393 e. The van der Waals surface area contributed by atoms with E-state index in [4.69, 9.17) is 0 Å². The minimum absolute atomic E-state index is 0.122. The van der Waals surface area contributed by atoms with Gasteiger partial charge < -0.3 is 5.11 Å². The highest BCUT2D eigenvalue weighted by molar-refractivity contribution is 7.89. The van der Waals surface area contributed by atoms with Crippen molar-refractivity contribution in [2.24, 2.45) is 5.92 Å². The van der Waals surface area contributed by atoms with Crippen molar-refractivity contribution in [1.82, 2.24) is 9.71 Å². The van der Waals surface area contributed by atoms with Gasteiger partial charge in [-0.05, 0) is 37.3 Å². The predicted octanol–water partition coefficient (Wildman–Crippen LogP) is 1.61. The molecule has 0 saturated heterocycles. The zero-order chi connectivity index (χ0) is 14.6. The summed E-state index contributed by atoms with van der Waals surface area (Å²) in [5.41, 5.74) is 0.726. The first kappa shape index (κ1) is 15.4. The maximum Gasteiger partial charge on any atom is 0.212 e. The number of aliphatic hydroxyl groups is 1. The maximum atomic E-state index is 12.1. The molecule has 1 aliphatic carbocycles. The molecule has 1 fully saturated rings. The van der Waals surface area contributed by atoms with E-state index in [-0.39, 0.29) is 23.8 Å². The molecule has 0 aromatic carbocycles. The lowest BCUT2D eigenvalue weighted by molar-refractivity contribution is 0.0273. The molecule has 20 heavy (non-hydrogen) atoms. The second-order valence-corrected chi connectivity index (χ2v) is 7.28. The molecule has 0 aliphatic heterocycles. The van der Waals surface area contributed by atoms with Gasteiger partial charge in [-0.25, -0.2) is 13.1 Å². The fourth-order valence-electron chi connectivity index (χ4n) is 2.45. The molecule has 1 aliphatic rings. The summed E-state index contributed by atoms with van der Waals surface area (Å²) in [4.78, 5) is 4.26. The van der Waals surface area contributed by atoms with Crippen molar-refractivity contribution >= 4 is 10.0 Å². The van der Waals surface area contributed by atoms with E-state index in [0.717, 1.165) is 12.1 Å². The summed E-state index contributed by atoms with van der Waals surface area (Å²) in [6, 6.07) is 5.16. The third-order valence-electron chi connectivity index (χ3n) is 3.70. The molecular formula is C14H22N2O3S. The molecule has 0 spiro atoms. The normalized spacial score (nSPS) is 24.1. The van der Waals surface area contributed by atoms with Crippen LogP contribution < -0.4 is 4.72 Å². The number of pyridine rings is 1. The lowest BCUT2D eigenvalue weighted by Gasteiger charge is -2.37. The quantitative estimate of drug-likeness (QED) is 0.801. The Balaban J connectivity index is 2.11. The van der Waals surface area contributed by atoms with Crippen LogP contribution in [-0.4, -0.2) is 30.4 Å². The first-order valence-electron chi connectivity index (χ1n) is 7.11. The van der Waals surface area contributed by atoms with E-state index >= 15 is 0 Å². The number of unbranched alkanes of at least 4 members (excludes halogenated alkanes) is 1.